The van der Waals surface area contributed by atoms with Gasteiger partial charge in [-0.25, -0.2) is 0 Å². The molecule has 4 heteroatoms. The second-order valence-electron chi connectivity index (χ2n) is 4.02. The van der Waals surface area contributed by atoms with Gasteiger partial charge in [0.2, 0.25) is 5.91 Å². The number of benzene rings is 1. The van der Waals surface area contributed by atoms with Gasteiger partial charge in [-0.3, -0.25) is 4.79 Å². The van der Waals surface area contributed by atoms with Crippen molar-refractivity contribution in [3.05, 3.63) is 28.8 Å². The highest BCUT2D eigenvalue weighted by Crippen LogP contribution is 2.27. The molecular formula is C13H16ClNO2. The Balaban J connectivity index is 2.72. The van der Waals surface area contributed by atoms with Crippen LogP contribution >= 0.6 is 11.6 Å². The monoisotopic (exact) mass is 253 g/mol. The molecule has 0 aromatic heterocycles. The molecule has 1 aromatic rings. The summed E-state index contributed by atoms with van der Waals surface area (Å²) in [4.78, 5) is 21.8. The number of amides is 1. The number of aryl methyl sites for hydroxylation is 1. The maximum Gasteiger partial charge on any atom is 0.221 e. The van der Waals surface area contributed by atoms with E-state index in [1.165, 1.54) is 6.92 Å². The summed E-state index contributed by atoms with van der Waals surface area (Å²) in [5.74, 6) is 0.0342. The Bertz CT molecular complexity index is 429. The van der Waals surface area contributed by atoms with Crippen molar-refractivity contribution >= 4 is 29.0 Å². The third kappa shape index (κ3) is 4.57. The smallest absolute Gasteiger partial charge is 0.221 e. The molecule has 1 aromatic carbocycles. The zero-order chi connectivity index (χ0) is 12.8. The fourth-order valence-corrected chi connectivity index (χ4v) is 1.85. The molecule has 0 saturated heterocycles. The molecule has 1 amide bonds. The number of carbonyl (C=O) groups excluding carboxylic acids is 2. The van der Waals surface area contributed by atoms with E-state index in [1.807, 2.05) is 12.1 Å². The van der Waals surface area contributed by atoms with Crippen molar-refractivity contribution in [3.8, 4) is 0 Å². The van der Waals surface area contributed by atoms with Crippen LogP contribution in [-0.2, 0) is 16.0 Å². The lowest BCUT2D eigenvalue weighted by atomic mass is 10.1. The van der Waals surface area contributed by atoms with Crippen molar-refractivity contribution in [2.75, 3.05) is 5.32 Å². The highest BCUT2D eigenvalue weighted by Gasteiger charge is 2.07. The number of halogens is 1. The van der Waals surface area contributed by atoms with E-state index in [0.717, 1.165) is 18.4 Å². The third-order valence-corrected chi connectivity index (χ3v) is 2.81. The number of anilines is 1. The topological polar surface area (TPSA) is 46.2 Å². The summed E-state index contributed by atoms with van der Waals surface area (Å²) in [7, 11) is 0. The van der Waals surface area contributed by atoms with Crippen LogP contribution in [0.25, 0.3) is 0 Å². The lowest BCUT2D eigenvalue weighted by Crippen LogP contribution is -2.07. The van der Waals surface area contributed by atoms with E-state index < -0.39 is 0 Å². The number of hydrogen-bond donors (Lipinski definition) is 1. The Labute approximate surface area is 106 Å². The summed E-state index contributed by atoms with van der Waals surface area (Å²) in [6.45, 7) is 3.02. The van der Waals surface area contributed by atoms with Crippen LogP contribution in [0.3, 0.4) is 0 Å². The molecule has 0 heterocycles. The van der Waals surface area contributed by atoms with E-state index in [9.17, 15) is 9.59 Å². The number of carbonyl (C=O) groups is 2. The highest BCUT2D eigenvalue weighted by atomic mass is 35.5. The minimum absolute atomic E-state index is 0.146. The third-order valence-electron chi connectivity index (χ3n) is 2.36. The van der Waals surface area contributed by atoms with Gasteiger partial charge in [0.1, 0.15) is 5.78 Å². The van der Waals surface area contributed by atoms with Crippen LogP contribution in [0.2, 0.25) is 5.02 Å². The number of hydrogen-bond acceptors (Lipinski definition) is 2. The second-order valence-corrected chi connectivity index (χ2v) is 4.39. The van der Waals surface area contributed by atoms with E-state index in [2.05, 4.69) is 5.32 Å². The average Bonchev–Trinajstić information content (AvgIpc) is 2.22. The number of ketones is 1. The molecule has 0 aliphatic heterocycles. The number of nitrogens with one attached hydrogen (secondary N) is 1. The van der Waals surface area contributed by atoms with Crippen LogP contribution in [0.4, 0.5) is 5.69 Å². The molecule has 0 bridgehead atoms. The predicted molar refractivity (Wildman–Crippen MR) is 69.4 cm³/mol. The number of rotatable bonds is 5. The molecule has 0 aliphatic carbocycles. The SMILES string of the molecule is CC(=O)CCCc1cccc(NC(C)=O)c1Cl. The van der Waals surface area contributed by atoms with E-state index in [4.69, 9.17) is 11.6 Å². The zero-order valence-corrected chi connectivity index (χ0v) is 10.8. The summed E-state index contributed by atoms with van der Waals surface area (Å²) in [5.41, 5.74) is 1.58. The van der Waals surface area contributed by atoms with Gasteiger partial charge in [0.25, 0.3) is 0 Å². The maximum absolute atomic E-state index is 11.0. The van der Waals surface area contributed by atoms with Crippen molar-refractivity contribution in [1.82, 2.24) is 0 Å². The fourth-order valence-electron chi connectivity index (χ4n) is 1.59. The zero-order valence-electron chi connectivity index (χ0n) is 10.0. The summed E-state index contributed by atoms with van der Waals surface area (Å²) >= 11 is 6.17. The van der Waals surface area contributed by atoms with E-state index in [1.54, 1.807) is 13.0 Å². The van der Waals surface area contributed by atoms with Crippen molar-refractivity contribution in [2.24, 2.45) is 0 Å². The van der Waals surface area contributed by atoms with Crippen molar-refractivity contribution < 1.29 is 9.59 Å². The summed E-state index contributed by atoms with van der Waals surface area (Å²) in [6, 6.07) is 5.52. The van der Waals surface area contributed by atoms with Crippen LogP contribution in [0.15, 0.2) is 18.2 Å². The van der Waals surface area contributed by atoms with Gasteiger partial charge in [-0.1, -0.05) is 23.7 Å². The van der Waals surface area contributed by atoms with Crippen LogP contribution in [0.1, 0.15) is 32.3 Å². The van der Waals surface area contributed by atoms with Crippen LogP contribution < -0.4 is 5.32 Å². The first-order chi connectivity index (χ1) is 8.00. The van der Waals surface area contributed by atoms with Gasteiger partial charge in [-0.2, -0.15) is 0 Å². The first-order valence-electron chi connectivity index (χ1n) is 5.55. The Morgan fingerprint density at radius 2 is 2.00 bits per heavy atom. The Morgan fingerprint density at radius 3 is 2.59 bits per heavy atom. The van der Waals surface area contributed by atoms with Crippen LogP contribution in [0, 0.1) is 0 Å². The van der Waals surface area contributed by atoms with Crippen LogP contribution in [0.5, 0.6) is 0 Å². The van der Waals surface area contributed by atoms with Gasteiger partial charge in [0, 0.05) is 13.3 Å². The number of Topliss-reactive ketones (excluding diaryl/α,β-unsaturated/α-hetero) is 1. The Hall–Kier alpha value is -1.35. The molecule has 0 aliphatic rings. The van der Waals surface area contributed by atoms with Crippen molar-refractivity contribution in [3.63, 3.8) is 0 Å². The van der Waals surface area contributed by atoms with E-state index >= 15 is 0 Å². The minimum Gasteiger partial charge on any atom is -0.325 e. The molecule has 17 heavy (non-hydrogen) atoms. The van der Waals surface area contributed by atoms with Crippen LogP contribution in [-0.4, -0.2) is 11.7 Å². The summed E-state index contributed by atoms with van der Waals surface area (Å²) in [6.07, 6.45) is 2.07. The lowest BCUT2D eigenvalue weighted by molar-refractivity contribution is -0.117. The van der Waals surface area contributed by atoms with Gasteiger partial charge in [-0.15, -0.1) is 0 Å². The standard InChI is InChI=1S/C13H16ClNO2/c1-9(16)5-3-6-11-7-4-8-12(13(11)14)15-10(2)17/h4,7-8H,3,5-6H2,1-2H3,(H,15,17). The van der Waals surface area contributed by atoms with Gasteiger partial charge in [-0.05, 0) is 31.4 Å². The Kier molecular flexibility index (Phi) is 5.16. The quantitative estimate of drug-likeness (QED) is 0.876. The molecule has 0 saturated carbocycles. The fraction of sp³-hybridized carbons (Fsp3) is 0.385. The van der Waals surface area contributed by atoms with E-state index in [-0.39, 0.29) is 11.7 Å². The van der Waals surface area contributed by atoms with Crippen molar-refractivity contribution in [2.45, 2.75) is 33.1 Å². The van der Waals surface area contributed by atoms with Gasteiger partial charge in [0.15, 0.2) is 0 Å². The molecular weight excluding hydrogens is 238 g/mol. The molecule has 0 unspecified atom stereocenters. The predicted octanol–water partition coefficient (Wildman–Crippen LogP) is 3.21. The molecule has 1 N–H and O–H groups in total. The first-order valence-corrected chi connectivity index (χ1v) is 5.93. The molecule has 92 valence electrons. The minimum atomic E-state index is -0.146. The summed E-state index contributed by atoms with van der Waals surface area (Å²) < 4.78 is 0. The van der Waals surface area contributed by atoms with Gasteiger partial charge >= 0.3 is 0 Å². The average molecular weight is 254 g/mol. The molecule has 1 rings (SSSR count). The molecule has 0 atom stereocenters. The largest absolute Gasteiger partial charge is 0.325 e. The molecule has 3 nitrogen and oxygen atoms in total. The maximum atomic E-state index is 11.0. The van der Waals surface area contributed by atoms with Gasteiger partial charge in [0.05, 0.1) is 10.7 Å². The highest BCUT2D eigenvalue weighted by molar-refractivity contribution is 6.34. The first kappa shape index (κ1) is 13.7. The molecule has 0 spiro atoms. The summed E-state index contributed by atoms with van der Waals surface area (Å²) in [5, 5.41) is 3.24. The van der Waals surface area contributed by atoms with Crippen molar-refractivity contribution in [1.29, 1.82) is 0 Å². The normalized spacial score (nSPS) is 10.1. The second kappa shape index (κ2) is 6.40. The Morgan fingerprint density at radius 1 is 1.29 bits per heavy atom. The lowest BCUT2D eigenvalue weighted by Gasteiger charge is -2.09. The molecule has 0 fully saturated rings. The van der Waals surface area contributed by atoms with E-state index in [0.29, 0.717) is 17.1 Å². The molecule has 0 radical (unpaired) electrons. The van der Waals surface area contributed by atoms with Gasteiger partial charge < -0.3 is 10.1 Å².